The second kappa shape index (κ2) is 2.63. The number of aryl methyl sites for hydroxylation is 1. The van der Waals surface area contributed by atoms with Gasteiger partial charge in [0, 0.05) is 0 Å². The molecule has 0 unspecified atom stereocenters. The summed E-state index contributed by atoms with van der Waals surface area (Å²) < 4.78 is 0. The fourth-order valence-corrected chi connectivity index (χ4v) is 0.765. The Labute approximate surface area is 63.3 Å². The van der Waals surface area contributed by atoms with Crippen molar-refractivity contribution in [1.29, 1.82) is 5.26 Å². The van der Waals surface area contributed by atoms with Gasteiger partial charge in [0.1, 0.15) is 6.07 Å². The molecule has 0 aliphatic rings. The zero-order chi connectivity index (χ0) is 7.56. The van der Waals surface area contributed by atoms with Gasteiger partial charge in [0.25, 0.3) is 0 Å². The van der Waals surface area contributed by atoms with Crippen LogP contribution in [0.15, 0.2) is 6.07 Å². The molecule has 0 aromatic carbocycles. The summed E-state index contributed by atoms with van der Waals surface area (Å²) in [5.41, 5.74) is 1.08. The second-order valence-electron chi connectivity index (χ2n) is 1.81. The molecule has 4 heteroatoms. The normalized spacial score (nSPS) is 8.90. The molecule has 0 spiro atoms. The number of aromatic nitrogens is 2. The highest BCUT2D eigenvalue weighted by molar-refractivity contribution is 6.29. The summed E-state index contributed by atoms with van der Waals surface area (Å²) in [5, 5.41) is 15.8. The number of hydrogen-bond donors (Lipinski definition) is 0. The van der Waals surface area contributed by atoms with Gasteiger partial charge in [-0.2, -0.15) is 5.26 Å². The third kappa shape index (κ3) is 1.23. The predicted octanol–water partition coefficient (Wildman–Crippen LogP) is 1.31. The number of nitriles is 1. The van der Waals surface area contributed by atoms with Crippen molar-refractivity contribution >= 4 is 11.6 Å². The minimum atomic E-state index is 0.316. The molecule has 3 nitrogen and oxygen atoms in total. The third-order valence-corrected chi connectivity index (χ3v) is 1.25. The quantitative estimate of drug-likeness (QED) is 0.565. The Morgan fingerprint density at radius 1 is 1.60 bits per heavy atom. The standard InChI is InChI=1S/C6H4ClN3/c1-4-2-6(7)10-9-5(4)3-8/h2H,1H3. The van der Waals surface area contributed by atoms with Gasteiger partial charge in [-0.3, -0.25) is 0 Å². The smallest absolute Gasteiger partial charge is 0.166 e. The zero-order valence-corrected chi connectivity index (χ0v) is 6.05. The van der Waals surface area contributed by atoms with Gasteiger partial charge in [0.05, 0.1) is 0 Å². The Morgan fingerprint density at radius 3 is 2.80 bits per heavy atom. The lowest BCUT2D eigenvalue weighted by molar-refractivity contribution is 0.992. The highest BCUT2D eigenvalue weighted by Gasteiger charge is 1.98. The average Bonchev–Trinajstić information content (AvgIpc) is 1.88. The largest absolute Gasteiger partial charge is 0.191 e. The monoisotopic (exact) mass is 153 g/mol. The minimum absolute atomic E-state index is 0.316. The minimum Gasteiger partial charge on any atom is -0.191 e. The molecule has 1 aromatic heterocycles. The van der Waals surface area contributed by atoms with E-state index in [4.69, 9.17) is 16.9 Å². The molecular formula is C6H4ClN3. The SMILES string of the molecule is Cc1cc(Cl)nnc1C#N. The first kappa shape index (κ1) is 6.97. The molecular weight excluding hydrogens is 150 g/mol. The van der Waals surface area contributed by atoms with Crippen molar-refractivity contribution in [1.82, 2.24) is 10.2 Å². The lowest BCUT2D eigenvalue weighted by atomic mass is 10.2. The number of hydrogen-bond acceptors (Lipinski definition) is 3. The van der Waals surface area contributed by atoms with Gasteiger partial charge in [-0.1, -0.05) is 11.6 Å². The van der Waals surface area contributed by atoms with Crippen LogP contribution in [0, 0.1) is 18.3 Å². The van der Waals surface area contributed by atoms with E-state index in [0.717, 1.165) is 5.56 Å². The molecule has 0 bridgehead atoms. The maximum atomic E-state index is 8.41. The Morgan fingerprint density at radius 2 is 2.30 bits per heavy atom. The van der Waals surface area contributed by atoms with E-state index < -0.39 is 0 Å². The zero-order valence-electron chi connectivity index (χ0n) is 5.30. The molecule has 1 aromatic rings. The first-order valence-corrected chi connectivity index (χ1v) is 3.02. The first-order valence-electron chi connectivity index (χ1n) is 2.64. The van der Waals surface area contributed by atoms with Gasteiger partial charge >= 0.3 is 0 Å². The van der Waals surface area contributed by atoms with Gasteiger partial charge in [-0.25, -0.2) is 0 Å². The van der Waals surface area contributed by atoms with Gasteiger partial charge < -0.3 is 0 Å². The van der Waals surface area contributed by atoms with E-state index in [9.17, 15) is 0 Å². The summed E-state index contributed by atoms with van der Waals surface area (Å²) in [6.07, 6.45) is 0. The van der Waals surface area contributed by atoms with Gasteiger partial charge in [0.15, 0.2) is 10.8 Å². The summed E-state index contributed by atoms with van der Waals surface area (Å²) >= 11 is 5.49. The van der Waals surface area contributed by atoms with Crippen molar-refractivity contribution in [2.75, 3.05) is 0 Å². The molecule has 0 aliphatic heterocycles. The topological polar surface area (TPSA) is 49.6 Å². The van der Waals surface area contributed by atoms with Crippen molar-refractivity contribution in [2.24, 2.45) is 0 Å². The molecule has 50 valence electrons. The van der Waals surface area contributed by atoms with Crippen LogP contribution in [0.5, 0.6) is 0 Å². The molecule has 0 aliphatic carbocycles. The Balaban J connectivity index is 3.23. The third-order valence-electron chi connectivity index (χ3n) is 1.06. The molecule has 10 heavy (non-hydrogen) atoms. The Bertz CT molecular complexity index is 290. The number of halogens is 1. The van der Waals surface area contributed by atoms with Gasteiger partial charge in [-0.05, 0) is 18.6 Å². The van der Waals surface area contributed by atoms with Crippen molar-refractivity contribution in [3.05, 3.63) is 22.5 Å². The number of rotatable bonds is 0. The van der Waals surface area contributed by atoms with Crippen LogP contribution in [-0.4, -0.2) is 10.2 Å². The molecule has 0 saturated heterocycles. The van der Waals surface area contributed by atoms with Crippen molar-refractivity contribution in [3.63, 3.8) is 0 Å². The van der Waals surface area contributed by atoms with E-state index in [-0.39, 0.29) is 0 Å². The van der Waals surface area contributed by atoms with E-state index in [1.165, 1.54) is 0 Å². The summed E-state index contributed by atoms with van der Waals surface area (Å²) in [7, 11) is 0. The summed E-state index contributed by atoms with van der Waals surface area (Å²) in [6, 6.07) is 3.49. The summed E-state index contributed by atoms with van der Waals surface area (Å²) in [4.78, 5) is 0. The van der Waals surface area contributed by atoms with Gasteiger partial charge in [0.2, 0.25) is 0 Å². The Hall–Kier alpha value is -1.14. The van der Waals surface area contributed by atoms with Crippen LogP contribution < -0.4 is 0 Å². The van der Waals surface area contributed by atoms with Crippen LogP contribution in [0.25, 0.3) is 0 Å². The van der Waals surface area contributed by atoms with Crippen LogP contribution in [0.1, 0.15) is 11.3 Å². The summed E-state index contributed by atoms with van der Waals surface area (Å²) in [5.74, 6) is 0. The molecule has 0 N–H and O–H groups in total. The van der Waals surface area contributed by atoms with Crippen LogP contribution in [0.3, 0.4) is 0 Å². The highest BCUT2D eigenvalue weighted by Crippen LogP contribution is 2.07. The molecule has 0 atom stereocenters. The van der Waals surface area contributed by atoms with Crippen molar-refractivity contribution in [2.45, 2.75) is 6.92 Å². The van der Waals surface area contributed by atoms with E-state index in [1.807, 2.05) is 6.07 Å². The molecule has 0 fully saturated rings. The lowest BCUT2D eigenvalue weighted by Gasteiger charge is -1.92. The van der Waals surface area contributed by atoms with Crippen LogP contribution in [-0.2, 0) is 0 Å². The molecule has 0 amide bonds. The van der Waals surface area contributed by atoms with Crippen molar-refractivity contribution in [3.8, 4) is 6.07 Å². The lowest BCUT2D eigenvalue weighted by Crippen LogP contribution is -1.90. The first-order chi connectivity index (χ1) is 4.74. The molecule has 1 rings (SSSR count). The van der Waals surface area contributed by atoms with Crippen LogP contribution >= 0.6 is 11.6 Å². The van der Waals surface area contributed by atoms with Gasteiger partial charge in [-0.15, -0.1) is 10.2 Å². The maximum absolute atomic E-state index is 8.41. The predicted molar refractivity (Wildman–Crippen MR) is 36.5 cm³/mol. The summed E-state index contributed by atoms with van der Waals surface area (Å²) in [6.45, 7) is 1.76. The molecule has 0 saturated carbocycles. The Kier molecular flexibility index (Phi) is 1.83. The van der Waals surface area contributed by atoms with E-state index in [1.54, 1.807) is 13.0 Å². The van der Waals surface area contributed by atoms with Crippen LogP contribution in [0.4, 0.5) is 0 Å². The fraction of sp³-hybridized carbons (Fsp3) is 0.167. The van der Waals surface area contributed by atoms with Crippen molar-refractivity contribution < 1.29 is 0 Å². The number of nitrogens with zero attached hydrogens (tertiary/aromatic N) is 3. The van der Waals surface area contributed by atoms with Crippen LogP contribution in [0.2, 0.25) is 5.15 Å². The van der Waals surface area contributed by atoms with E-state index in [2.05, 4.69) is 10.2 Å². The molecule has 0 radical (unpaired) electrons. The average molecular weight is 154 g/mol. The van der Waals surface area contributed by atoms with E-state index in [0.29, 0.717) is 10.8 Å². The fourth-order valence-electron chi connectivity index (χ4n) is 0.563. The second-order valence-corrected chi connectivity index (χ2v) is 2.20. The van der Waals surface area contributed by atoms with E-state index >= 15 is 0 Å². The molecule has 1 heterocycles. The highest BCUT2D eigenvalue weighted by atomic mass is 35.5. The maximum Gasteiger partial charge on any atom is 0.166 e.